The third-order valence-electron chi connectivity index (χ3n) is 4.77. The summed E-state index contributed by atoms with van der Waals surface area (Å²) in [4.78, 5) is 17.2. The number of nitrogens with zero attached hydrogens (tertiary/aromatic N) is 4. The van der Waals surface area contributed by atoms with Crippen molar-refractivity contribution >= 4 is 5.65 Å². The van der Waals surface area contributed by atoms with Crippen LogP contribution in [0.15, 0.2) is 58.1 Å². The van der Waals surface area contributed by atoms with E-state index in [0.717, 1.165) is 35.6 Å². The molecule has 0 spiro atoms. The number of oxazole rings is 1. The van der Waals surface area contributed by atoms with Gasteiger partial charge in [-0.15, -0.1) is 5.10 Å². The van der Waals surface area contributed by atoms with Crippen LogP contribution in [0.1, 0.15) is 35.9 Å². The smallest absolute Gasteiger partial charge is 0.350 e. The molecule has 0 radical (unpaired) electrons. The van der Waals surface area contributed by atoms with Crippen LogP contribution in [-0.2, 0) is 6.54 Å². The molecule has 6 nitrogen and oxygen atoms in total. The summed E-state index contributed by atoms with van der Waals surface area (Å²) < 4.78 is 8.51. The fourth-order valence-electron chi connectivity index (χ4n) is 3.10. The number of rotatable bonds is 4. The molecule has 3 heterocycles. The Balaban J connectivity index is 1.49. The van der Waals surface area contributed by atoms with Gasteiger partial charge in [0.1, 0.15) is 12.0 Å². The van der Waals surface area contributed by atoms with E-state index >= 15 is 0 Å². The van der Waals surface area contributed by atoms with Crippen molar-refractivity contribution in [3.63, 3.8) is 0 Å². The second-order valence-corrected chi connectivity index (χ2v) is 6.90. The number of pyridine rings is 1. The molecule has 6 heteroatoms. The first-order valence-corrected chi connectivity index (χ1v) is 8.78. The van der Waals surface area contributed by atoms with Gasteiger partial charge in [-0.1, -0.05) is 29.8 Å². The Kier molecular flexibility index (Phi) is 3.31. The molecule has 0 atom stereocenters. The highest BCUT2D eigenvalue weighted by atomic mass is 16.3. The summed E-state index contributed by atoms with van der Waals surface area (Å²) in [6.07, 6.45) is 5.73. The highest BCUT2D eigenvalue weighted by molar-refractivity contribution is 5.64. The molecule has 1 aromatic carbocycles. The van der Waals surface area contributed by atoms with Crippen LogP contribution >= 0.6 is 0 Å². The van der Waals surface area contributed by atoms with Crippen LogP contribution in [0.2, 0.25) is 0 Å². The van der Waals surface area contributed by atoms with E-state index in [0.29, 0.717) is 18.1 Å². The predicted molar refractivity (Wildman–Crippen MR) is 97.2 cm³/mol. The molecule has 0 unspecified atom stereocenters. The van der Waals surface area contributed by atoms with Gasteiger partial charge in [-0.25, -0.2) is 18.9 Å². The first kappa shape index (κ1) is 15.1. The van der Waals surface area contributed by atoms with Crippen molar-refractivity contribution < 1.29 is 4.42 Å². The Morgan fingerprint density at radius 1 is 1.12 bits per heavy atom. The Hall–Kier alpha value is -3.15. The van der Waals surface area contributed by atoms with Gasteiger partial charge < -0.3 is 4.42 Å². The molecule has 0 amide bonds. The van der Waals surface area contributed by atoms with E-state index in [9.17, 15) is 4.79 Å². The average Bonchev–Trinajstić information content (AvgIpc) is 3.33. The van der Waals surface area contributed by atoms with Gasteiger partial charge in [0.05, 0.1) is 6.54 Å². The zero-order valence-corrected chi connectivity index (χ0v) is 14.4. The molecule has 3 aromatic heterocycles. The minimum Gasteiger partial charge on any atom is -0.448 e. The van der Waals surface area contributed by atoms with E-state index in [1.165, 1.54) is 10.2 Å². The number of aryl methyl sites for hydroxylation is 1. The number of hydrogen-bond acceptors (Lipinski definition) is 4. The van der Waals surface area contributed by atoms with E-state index in [1.807, 2.05) is 18.3 Å². The highest BCUT2D eigenvalue weighted by Gasteiger charge is 2.28. The molecule has 0 bridgehead atoms. The maximum absolute atomic E-state index is 12.7. The lowest BCUT2D eigenvalue weighted by atomic mass is 10.1. The highest BCUT2D eigenvalue weighted by Crippen LogP contribution is 2.39. The minimum atomic E-state index is -0.176. The third kappa shape index (κ3) is 2.63. The molecular weight excluding hydrogens is 328 g/mol. The molecule has 0 aliphatic heterocycles. The van der Waals surface area contributed by atoms with Gasteiger partial charge in [0.25, 0.3) is 0 Å². The number of benzene rings is 1. The lowest BCUT2D eigenvalue weighted by molar-refractivity contribution is 0.496. The molecule has 1 saturated carbocycles. The Bertz CT molecular complexity index is 1150. The molecule has 1 fully saturated rings. The van der Waals surface area contributed by atoms with Crippen molar-refractivity contribution in [2.75, 3.05) is 0 Å². The quantitative estimate of drug-likeness (QED) is 0.568. The average molecular weight is 346 g/mol. The van der Waals surface area contributed by atoms with Crippen LogP contribution in [0.25, 0.3) is 16.8 Å². The zero-order valence-electron chi connectivity index (χ0n) is 14.4. The standard InChI is InChI=1S/C20H18N4O2/c1-13-2-4-14(5-3-13)16-8-9-18-22-24(20(25)23(18)10-16)11-17-12-26-19(21-17)15-6-7-15/h2-5,8-10,12,15H,6-7,11H2,1H3. The summed E-state index contributed by atoms with van der Waals surface area (Å²) in [5, 5.41) is 4.41. The van der Waals surface area contributed by atoms with Gasteiger partial charge in [0, 0.05) is 12.1 Å². The molecule has 0 saturated heterocycles. The van der Waals surface area contributed by atoms with Gasteiger partial charge in [-0.2, -0.15) is 0 Å². The lowest BCUT2D eigenvalue weighted by Crippen LogP contribution is -2.21. The fourth-order valence-corrected chi connectivity index (χ4v) is 3.10. The van der Waals surface area contributed by atoms with Gasteiger partial charge in [-0.05, 0) is 43.0 Å². The van der Waals surface area contributed by atoms with Crippen molar-refractivity contribution in [3.8, 4) is 11.1 Å². The molecule has 130 valence electrons. The van der Waals surface area contributed by atoms with Crippen molar-refractivity contribution in [2.24, 2.45) is 0 Å². The maximum atomic E-state index is 12.7. The summed E-state index contributed by atoms with van der Waals surface area (Å²) in [5.41, 5.74) is 4.44. The second kappa shape index (κ2) is 5.69. The molecule has 5 rings (SSSR count). The first-order chi connectivity index (χ1) is 12.7. The topological polar surface area (TPSA) is 65.3 Å². The molecule has 4 aromatic rings. The van der Waals surface area contributed by atoms with E-state index in [4.69, 9.17) is 4.42 Å². The summed E-state index contributed by atoms with van der Waals surface area (Å²) in [6.45, 7) is 2.37. The van der Waals surface area contributed by atoms with Crippen LogP contribution in [0.3, 0.4) is 0 Å². The molecular formula is C20H18N4O2. The number of hydrogen-bond donors (Lipinski definition) is 0. The SMILES string of the molecule is Cc1ccc(-c2ccc3nn(Cc4coc(C5CC5)n4)c(=O)n3c2)cc1. The molecule has 0 N–H and O–H groups in total. The molecule has 1 aliphatic carbocycles. The largest absolute Gasteiger partial charge is 0.448 e. The maximum Gasteiger partial charge on any atom is 0.350 e. The monoisotopic (exact) mass is 346 g/mol. The summed E-state index contributed by atoms with van der Waals surface area (Å²) in [6, 6.07) is 12.1. The van der Waals surface area contributed by atoms with Gasteiger partial charge >= 0.3 is 5.69 Å². The number of fused-ring (bicyclic) bond motifs is 1. The third-order valence-corrected chi connectivity index (χ3v) is 4.77. The van der Waals surface area contributed by atoms with Crippen LogP contribution in [0.5, 0.6) is 0 Å². The predicted octanol–water partition coefficient (Wildman–Crippen LogP) is 3.39. The first-order valence-electron chi connectivity index (χ1n) is 8.78. The summed E-state index contributed by atoms with van der Waals surface area (Å²) in [7, 11) is 0. The van der Waals surface area contributed by atoms with E-state index in [-0.39, 0.29) is 5.69 Å². The van der Waals surface area contributed by atoms with Gasteiger partial charge in [0.2, 0.25) is 0 Å². The second-order valence-electron chi connectivity index (χ2n) is 6.90. The van der Waals surface area contributed by atoms with Crippen LogP contribution in [0.4, 0.5) is 0 Å². The summed E-state index contributed by atoms with van der Waals surface area (Å²) >= 11 is 0. The molecule has 26 heavy (non-hydrogen) atoms. The van der Waals surface area contributed by atoms with Crippen molar-refractivity contribution in [2.45, 2.75) is 32.2 Å². The van der Waals surface area contributed by atoms with Crippen molar-refractivity contribution in [3.05, 3.63) is 76.5 Å². The number of aromatic nitrogens is 4. The Morgan fingerprint density at radius 2 is 1.88 bits per heavy atom. The van der Waals surface area contributed by atoms with E-state index in [1.54, 1.807) is 10.7 Å². The van der Waals surface area contributed by atoms with Crippen molar-refractivity contribution in [1.29, 1.82) is 0 Å². The Morgan fingerprint density at radius 3 is 2.65 bits per heavy atom. The van der Waals surface area contributed by atoms with Gasteiger partial charge in [0.15, 0.2) is 11.5 Å². The lowest BCUT2D eigenvalue weighted by Gasteiger charge is -2.02. The van der Waals surface area contributed by atoms with E-state index in [2.05, 4.69) is 41.3 Å². The van der Waals surface area contributed by atoms with Crippen LogP contribution < -0.4 is 5.69 Å². The molecule has 1 aliphatic rings. The van der Waals surface area contributed by atoms with Gasteiger partial charge in [-0.3, -0.25) is 0 Å². The Labute approximate surface area is 149 Å². The van der Waals surface area contributed by atoms with Crippen LogP contribution in [-0.4, -0.2) is 19.2 Å². The summed E-state index contributed by atoms with van der Waals surface area (Å²) in [5.74, 6) is 1.23. The normalized spacial score (nSPS) is 14.2. The van der Waals surface area contributed by atoms with E-state index < -0.39 is 0 Å². The zero-order chi connectivity index (χ0) is 17.7. The van der Waals surface area contributed by atoms with Crippen LogP contribution in [0, 0.1) is 6.92 Å². The minimum absolute atomic E-state index is 0.176. The fraction of sp³-hybridized carbons (Fsp3) is 0.250. The van der Waals surface area contributed by atoms with Crippen molar-refractivity contribution in [1.82, 2.24) is 19.2 Å².